The number of aromatic hydroxyl groups is 1. The van der Waals surface area contributed by atoms with E-state index in [-0.39, 0.29) is 18.7 Å². The molecule has 0 bridgehead atoms. The molecule has 0 aliphatic heterocycles. The quantitative estimate of drug-likeness (QED) is 0.833. The maximum atomic E-state index is 11.8. The van der Waals surface area contributed by atoms with Crippen molar-refractivity contribution in [2.24, 2.45) is 0 Å². The zero-order chi connectivity index (χ0) is 12.2. The Kier molecular flexibility index (Phi) is 3.76. The van der Waals surface area contributed by atoms with E-state index in [0.717, 1.165) is 5.56 Å². The van der Waals surface area contributed by atoms with Crippen LogP contribution in [0.25, 0.3) is 0 Å². The molecule has 1 amide bonds. The highest BCUT2D eigenvalue weighted by Gasteiger charge is 2.38. The maximum Gasteiger partial charge on any atom is 0.471 e. The van der Waals surface area contributed by atoms with E-state index in [4.69, 9.17) is 5.11 Å². The lowest BCUT2D eigenvalue weighted by molar-refractivity contribution is -0.173. The lowest BCUT2D eigenvalue weighted by Crippen LogP contribution is -2.37. The van der Waals surface area contributed by atoms with E-state index in [2.05, 4.69) is 0 Å². The summed E-state index contributed by atoms with van der Waals surface area (Å²) in [5.74, 6) is -1.85. The highest BCUT2D eigenvalue weighted by atomic mass is 19.4. The third-order valence-corrected chi connectivity index (χ3v) is 1.89. The number of hydrogen-bond donors (Lipinski definition) is 2. The molecule has 0 atom stereocenters. The van der Waals surface area contributed by atoms with Gasteiger partial charge in [0.1, 0.15) is 5.75 Å². The van der Waals surface area contributed by atoms with Crippen LogP contribution in [0, 0.1) is 0 Å². The summed E-state index contributed by atoms with van der Waals surface area (Å²) in [5.41, 5.74) is 0.736. The molecule has 88 valence electrons. The van der Waals surface area contributed by atoms with Gasteiger partial charge in [-0.15, -0.1) is 0 Å². The number of rotatable bonds is 3. The first-order valence-corrected chi connectivity index (χ1v) is 4.52. The summed E-state index contributed by atoms with van der Waals surface area (Å²) in [6.07, 6.45) is -4.56. The number of carbonyl (C=O) groups excluding carboxylic acids is 1. The Labute approximate surface area is 89.9 Å². The van der Waals surface area contributed by atoms with E-state index < -0.39 is 12.1 Å². The molecule has 6 heteroatoms. The van der Waals surface area contributed by atoms with Crippen LogP contribution >= 0.6 is 0 Å². The number of halogens is 3. The van der Waals surface area contributed by atoms with Crippen LogP contribution in [0.5, 0.6) is 5.75 Å². The van der Waals surface area contributed by atoms with E-state index in [9.17, 15) is 18.0 Å². The van der Waals surface area contributed by atoms with E-state index in [1.54, 1.807) is 17.4 Å². The van der Waals surface area contributed by atoms with Crippen molar-refractivity contribution < 1.29 is 23.1 Å². The van der Waals surface area contributed by atoms with Gasteiger partial charge in [-0.3, -0.25) is 4.79 Å². The minimum absolute atomic E-state index is 0.0862. The molecule has 1 rings (SSSR count). The van der Waals surface area contributed by atoms with Crippen LogP contribution in [0.2, 0.25) is 0 Å². The number of phenols is 1. The van der Waals surface area contributed by atoms with Gasteiger partial charge in [-0.1, -0.05) is 12.1 Å². The smallest absolute Gasteiger partial charge is 0.471 e. The number of phenolic OH excluding ortho intramolecular Hbond substituents is 1. The molecular formula is C10H10F3NO2. The molecule has 1 aromatic carbocycles. The van der Waals surface area contributed by atoms with Gasteiger partial charge < -0.3 is 10.4 Å². The normalized spacial score (nSPS) is 11.2. The van der Waals surface area contributed by atoms with Crippen molar-refractivity contribution in [1.29, 1.82) is 0 Å². The maximum absolute atomic E-state index is 11.8. The van der Waals surface area contributed by atoms with Gasteiger partial charge in [0.2, 0.25) is 0 Å². The summed E-state index contributed by atoms with van der Waals surface area (Å²) >= 11 is 0. The summed E-state index contributed by atoms with van der Waals surface area (Å²) in [5, 5.41) is 10.7. The summed E-state index contributed by atoms with van der Waals surface area (Å²) in [7, 11) is 0. The van der Waals surface area contributed by atoms with E-state index >= 15 is 0 Å². The molecule has 16 heavy (non-hydrogen) atoms. The van der Waals surface area contributed by atoms with Crippen molar-refractivity contribution in [3.8, 4) is 5.75 Å². The minimum atomic E-state index is -4.84. The van der Waals surface area contributed by atoms with Crippen molar-refractivity contribution >= 4 is 5.91 Å². The second-order valence-electron chi connectivity index (χ2n) is 3.17. The number of nitrogens with one attached hydrogen (secondary N) is 1. The average molecular weight is 233 g/mol. The lowest BCUT2D eigenvalue weighted by Gasteiger charge is -2.07. The molecule has 1 aromatic rings. The predicted octanol–water partition coefficient (Wildman–Crippen LogP) is 1.61. The van der Waals surface area contributed by atoms with E-state index in [0.29, 0.717) is 0 Å². The Balaban J connectivity index is 2.36. The molecule has 0 aromatic heterocycles. The van der Waals surface area contributed by atoms with Crippen LogP contribution in [-0.2, 0) is 11.2 Å². The van der Waals surface area contributed by atoms with Crippen molar-refractivity contribution in [3.05, 3.63) is 29.8 Å². The number of carbonyl (C=O) groups is 1. The molecule has 0 saturated heterocycles. The summed E-state index contributed by atoms with van der Waals surface area (Å²) < 4.78 is 35.3. The number of benzene rings is 1. The second-order valence-corrected chi connectivity index (χ2v) is 3.17. The first kappa shape index (κ1) is 12.4. The zero-order valence-corrected chi connectivity index (χ0v) is 8.21. The van der Waals surface area contributed by atoms with Crippen molar-refractivity contribution in [3.63, 3.8) is 0 Å². The van der Waals surface area contributed by atoms with Gasteiger partial charge in [-0.25, -0.2) is 0 Å². The fraction of sp³-hybridized carbons (Fsp3) is 0.300. The van der Waals surface area contributed by atoms with Gasteiger partial charge in [-0.05, 0) is 24.1 Å². The van der Waals surface area contributed by atoms with Gasteiger partial charge in [0.15, 0.2) is 0 Å². The molecule has 0 unspecified atom stereocenters. The second kappa shape index (κ2) is 4.87. The van der Waals surface area contributed by atoms with Crippen LogP contribution in [0.3, 0.4) is 0 Å². The molecule has 0 radical (unpaired) electrons. The van der Waals surface area contributed by atoms with Crippen LogP contribution in [0.4, 0.5) is 13.2 Å². The lowest BCUT2D eigenvalue weighted by atomic mass is 10.1. The van der Waals surface area contributed by atoms with Crippen LogP contribution in [0.15, 0.2) is 24.3 Å². The minimum Gasteiger partial charge on any atom is -0.508 e. The number of alkyl halides is 3. The first-order valence-electron chi connectivity index (χ1n) is 4.52. The molecular weight excluding hydrogens is 223 g/mol. The van der Waals surface area contributed by atoms with Gasteiger partial charge in [0.25, 0.3) is 0 Å². The van der Waals surface area contributed by atoms with Gasteiger partial charge in [-0.2, -0.15) is 13.2 Å². The number of amides is 1. The molecule has 0 aliphatic rings. The molecule has 2 N–H and O–H groups in total. The third-order valence-electron chi connectivity index (χ3n) is 1.89. The van der Waals surface area contributed by atoms with Gasteiger partial charge in [0.05, 0.1) is 0 Å². The molecule has 0 saturated carbocycles. The molecule has 3 nitrogen and oxygen atoms in total. The molecule has 0 fully saturated rings. The third kappa shape index (κ3) is 3.80. The van der Waals surface area contributed by atoms with E-state index in [1.807, 2.05) is 0 Å². The summed E-state index contributed by atoms with van der Waals surface area (Å²) in [6, 6.07) is 6.02. The van der Waals surface area contributed by atoms with Crippen LogP contribution in [-0.4, -0.2) is 23.7 Å². The highest BCUT2D eigenvalue weighted by Crippen LogP contribution is 2.14. The Morgan fingerprint density at radius 2 is 1.81 bits per heavy atom. The van der Waals surface area contributed by atoms with Gasteiger partial charge >= 0.3 is 12.1 Å². The van der Waals surface area contributed by atoms with Crippen molar-refractivity contribution in [2.45, 2.75) is 12.6 Å². The molecule has 0 heterocycles. The van der Waals surface area contributed by atoms with Crippen molar-refractivity contribution in [2.75, 3.05) is 6.54 Å². The highest BCUT2D eigenvalue weighted by molar-refractivity contribution is 5.81. The Morgan fingerprint density at radius 3 is 2.31 bits per heavy atom. The Morgan fingerprint density at radius 1 is 1.25 bits per heavy atom. The van der Waals surface area contributed by atoms with Crippen LogP contribution in [0.1, 0.15) is 5.56 Å². The van der Waals surface area contributed by atoms with Crippen molar-refractivity contribution in [1.82, 2.24) is 5.32 Å². The fourth-order valence-electron chi connectivity index (χ4n) is 1.08. The molecule has 0 spiro atoms. The SMILES string of the molecule is O=C(NCCc1ccc(O)cc1)C(F)(F)F. The number of hydrogen-bond acceptors (Lipinski definition) is 2. The predicted molar refractivity (Wildman–Crippen MR) is 50.9 cm³/mol. The monoisotopic (exact) mass is 233 g/mol. The largest absolute Gasteiger partial charge is 0.508 e. The standard InChI is InChI=1S/C10H10F3NO2/c11-10(12,13)9(16)14-6-5-7-1-3-8(15)4-2-7/h1-4,15H,5-6H2,(H,14,16). The van der Waals surface area contributed by atoms with Crippen LogP contribution < -0.4 is 5.32 Å². The summed E-state index contributed by atoms with van der Waals surface area (Å²) in [6.45, 7) is -0.0941. The van der Waals surface area contributed by atoms with Gasteiger partial charge in [0, 0.05) is 6.54 Å². The average Bonchev–Trinajstić information content (AvgIpc) is 2.19. The zero-order valence-electron chi connectivity index (χ0n) is 8.21. The topological polar surface area (TPSA) is 49.3 Å². The Hall–Kier alpha value is -1.72. The van der Waals surface area contributed by atoms with E-state index in [1.165, 1.54) is 12.1 Å². The summed E-state index contributed by atoms with van der Waals surface area (Å²) in [4.78, 5) is 10.4. The molecule has 0 aliphatic carbocycles. The fourth-order valence-corrected chi connectivity index (χ4v) is 1.08. The Bertz CT molecular complexity index is 359. The first-order chi connectivity index (χ1) is 7.39.